The van der Waals surface area contributed by atoms with Crippen LogP contribution in [0.2, 0.25) is 0 Å². The van der Waals surface area contributed by atoms with Gasteiger partial charge in [-0.05, 0) is 23.8 Å². The number of rotatable bonds is 6. The van der Waals surface area contributed by atoms with E-state index in [-0.39, 0.29) is 11.3 Å². The summed E-state index contributed by atoms with van der Waals surface area (Å²) in [6.07, 6.45) is -4.35. The molecule has 0 unspecified atom stereocenters. The monoisotopic (exact) mass is 366 g/mol. The molecule has 25 heavy (non-hydrogen) atoms. The van der Waals surface area contributed by atoms with Crippen molar-refractivity contribution in [1.82, 2.24) is 9.55 Å². The molecular formula is C18H17F3N2OS. The normalized spacial score (nSPS) is 12.0. The molecule has 0 aliphatic heterocycles. The third-order valence-corrected chi connectivity index (χ3v) is 4.84. The predicted octanol–water partition coefficient (Wildman–Crippen LogP) is 4.99. The second-order valence-electron chi connectivity index (χ2n) is 5.47. The van der Waals surface area contributed by atoms with E-state index < -0.39 is 11.7 Å². The molecule has 132 valence electrons. The van der Waals surface area contributed by atoms with Gasteiger partial charge in [-0.3, -0.25) is 0 Å². The number of nitrogens with zero attached hydrogens (tertiary/aromatic N) is 2. The standard InChI is InChI=1S/C18H17F3N2OS/c1-24-11-10-23-16-9-5-4-8-15(16)22-17(23)25-12-13-6-2-3-7-14(13)18(19,20)21/h2-9H,10-12H2,1H3. The smallest absolute Gasteiger partial charge is 0.383 e. The molecule has 1 heterocycles. The molecule has 0 bridgehead atoms. The van der Waals surface area contributed by atoms with Gasteiger partial charge in [0, 0.05) is 19.4 Å². The third-order valence-electron chi connectivity index (χ3n) is 3.82. The second kappa shape index (κ2) is 7.49. The number of ether oxygens (including phenoxy) is 1. The van der Waals surface area contributed by atoms with Crippen molar-refractivity contribution in [2.24, 2.45) is 0 Å². The third kappa shape index (κ3) is 3.99. The molecule has 3 nitrogen and oxygen atoms in total. The van der Waals surface area contributed by atoms with Crippen LogP contribution in [0.1, 0.15) is 11.1 Å². The first kappa shape index (κ1) is 17.8. The number of hydrogen-bond acceptors (Lipinski definition) is 3. The van der Waals surface area contributed by atoms with Gasteiger partial charge >= 0.3 is 6.18 Å². The summed E-state index contributed by atoms with van der Waals surface area (Å²) in [5.74, 6) is 0.200. The molecule has 0 aliphatic carbocycles. The van der Waals surface area contributed by atoms with Gasteiger partial charge in [0.25, 0.3) is 0 Å². The van der Waals surface area contributed by atoms with Crippen LogP contribution < -0.4 is 0 Å². The first-order valence-electron chi connectivity index (χ1n) is 7.73. The number of imidazole rings is 1. The van der Waals surface area contributed by atoms with Gasteiger partial charge in [0.15, 0.2) is 5.16 Å². The Morgan fingerprint density at radius 2 is 1.80 bits per heavy atom. The highest BCUT2D eigenvalue weighted by atomic mass is 32.2. The van der Waals surface area contributed by atoms with Crippen molar-refractivity contribution < 1.29 is 17.9 Å². The average molecular weight is 366 g/mol. The number of halogens is 3. The quantitative estimate of drug-likeness (QED) is 0.575. The van der Waals surface area contributed by atoms with Crippen LogP contribution in [-0.2, 0) is 23.2 Å². The summed E-state index contributed by atoms with van der Waals surface area (Å²) >= 11 is 1.30. The Kier molecular flexibility index (Phi) is 5.34. The maximum atomic E-state index is 13.1. The SMILES string of the molecule is COCCn1c(SCc2ccccc2C(F)(F)F)nc2ccccc21. The zero-order chi connectivity index (χ0) is 17.9. The van der Waals surface area contributed by atoms with Crippen molar-refractivity contribution in [3.8, 4) is 0 Å². The van der Waals surface area contributed by atoms with Crippen molar-refractivity contribution in [2.75, 3.05) is 13.7 Å². The average Bonchev–Trinajstić information content (AvgIpc) is 2.95. The molecule has 0 aliphatic rings. The van der Waals surface area contributed by atoms with Crippen LogP contribution in [-0.4, -0.2) is 23.3 Å². The van der Waals surface area contributed by atoms with E-state index in [0.717, 1.165) is 17.1 Å². The molecule has 7 heteroatoms. The van der Waals surface area contributed by atoms with Gasteiger partial charge in [0.1, 0.15) is 0 Å². The molecule has 1 aromatic heterocycles. The van der Waals surface area contributed by atoms with Gasteiger partial charge in [-0.1, -0.05) is 42.1 Å². The molecule has 0 N–H and O–H groups in total. The van der Waals surface area contributed by atoms with E-state index in [1.54, 1.807) is 13.2 Å². The van der Waals surface area contributed by atoms with Crippen molar-refractivity contribution in [2.45, 2.75) is 23.6 Å². The second-order valence-corrected chi connectivity index (χ2v) is 6.41. The Balaban J connectivity index is 1.89. The fraction of sp³-hybridized carbons (Fsp3) is 0.278. The number of alkyl halides is 3. The van der Waals surface area contributed by atoms with Crippen LogP contribution in [0.25, 0.3) is 11.0 Å². The Morgan fingerprint density at radius 1 is 1.08 bits per heavy atom. The Morgan fingerprint density at radius 3 is 2.56 bits per heavy atom. The largest absolute Gasteiger partial charge is 0.416 e. The van der Waals surface area contributed by atoms with Crippen molar-refractivity contribution in [3.05, 3.63) is 59.7 Å². The van der Waals surface area contributed by atoms with E-state index in [1.165, 1.54) is 23.9 Å². The van der Waals surface area contributed by atoms with Gasteiger partial charge in [0.05, 0.1) is 23.2 Å². The van der Waals surface area contributed by atoms with Crippen LogP contribution >= 0.6 is 11.8 Å². The number of thioether (sulfide) groups is 1. The van der Waals surface area contributed by atoms with Crippen LogP contribution in [0.4, 0.5) is 13.2 Å². The van der Waals surface area contributed by atoms with Crippen LogP contribution in [0.3, 0.4) is 0 Å². The zero-order valence-electron chi connectivity index (χ0n) is 13.6. The maximum absolute atomic E-state index is 13.1. The number of benzene rings is 2. The first-order chi connectivity index (χ1) is 12.0. The minimum atomic E-state index is -4.35. The highest BCUT2D eigenvalue weighted by Crippen LogP contribution is 2.35. The summed E-state index contributed by atoms with van der Waals surface area (Å²) in [5.41, 5.74) is 1.43. The molecule has 0 spiro atoms. The summed E-state index contributed by atoms with van der Waals surface area (Å²) in [7, 11) is 1.62. The summed E-state index contributed by atoms with van der Waals surface area (Å²) in [6, 6.07) is 13.3. The Hall–Kier alpha value is -1.99. The molecule has 3 aromatic rings. The predicted molar refractivity (Wildman–Crippen MR) is 92.6 cm³/mol. The molecule has 3 rings (SSSR count). The number of fused-ring (bicyclic) bond motifs is 1. The highest BCUT2D eigenvalue weighted by Gasteiger charge is 2.32. The van der Waals surface area contributed by atoms with E-state index in [4.69, 9.17) is 4.74 Å². The summed E-state index contributed by atoms with van der Waals surface area (Å²) in [6.45, 7) is 1.10. The number of methoxy groups -OCH3 is 1. The van der Waals surface area contributed by atoms with Gasteiger partial charge in [-0.15, -0.1) is 0 Å². The molecule has 0 saturated heterocycles. The molecule has 0 amide bonds. The fourth-order valence-electron chi connectivity index (χ4n) is 2.63. The van der Waals surface area contributed by atoms with Crippen LogP contribution in [0.15, 0.2) is 53.7 Å². The zero-order valence-corrected chi connectivity index (χ0v) is 14.4. The Bertz CT molecular complexity index is 861. The lowest BCUT2D eigenvalue weighted by molar-refractivity contribution is -0.138. The van der Waals surface area contributed by atoms with E-state index in [9.17, 15) is 13.2 Å². The number of para-hydroxylation sites is 2. The van der Waals surface area contributed by atoms with Crippen LogP contribution in [0.5, 0.6) is 0 Å². The molecule has 0 atom stereocenters. The van der Waals surface area contributed by atoms with E-state index in [0.29, 0.717) is 18.3 Å². The van der Waals surface area contributed by atoms with E-state index in [1.807, 2.05) is 28.8 Å². The molecule has 0 saturated carbocycles. The summed E-state index contributed by atoms with van der Waals surface area (Å²) in [5, 5.41) is 0.690. The van der Waals surface area contributed by atoms with Gasteiger partial charge in [-0.25, -0.2) is 4.98 Å². The number of aromatic nitrogens is 2. The minimum Gasteiger partial charge on any atom is -0.383 e. The lowest BCUT2D eigenvalue weighted by Gasteiger charge is -2.13. The fourth-order valence-corrected chi connectivity index (χ4v) is 3.67. The molecule has 0 radical (unpaired) electrons. The van der Waals surface area contributed by atoms with Crippen LogP contribution in [0, 0.1) is 0 Å². The van der Waals surface area contributed by atoms with Gasteiger partial charge in [0.2, 0.25) is 0 Å². The van der Waals surface area contributed by atoms with E-state index in [2.05, 4.69) is 4.98 Å². The van der Waals surface area contributed by atoms with Gasteiger partial charge < -0.3 is 9.30 Å². The Labute approximate surface area is 147 Å². The van der Waals surface area contributed by atoms with Crippen molar-refractivity contribution in [1.29, 1.82) is 0 Å². The van der Waals surface area contributed by atoms with E-state index >= 15 is 0 Å². The minimum absolute atomic E-state index is 0.200. The summed E-state index contributed by atoms with van der Waals surface area (Å²) in [4.78, 5) is 4.56. The van der Waals surface area contributed by atoms with Crippen molar-refractivity contribution >= 4 is 22.8 Å². The molecule has 2 aromatic carbocycles. The maximum Gasteiger partial charge on any atom is 0.416 e. The lowest BCUT2D eigenvalue weighted by atomic mass is 10.1. The highest BCUT2D eigenvalue weighted by molar-refractivity contribution is 7.98. The van der Waals surface area contributed by atoms with Crippen molar-refractivity contribution in [3.63, 3.8) is 0 Å². The lowest BCUT2D eigenvalue weighted by Crippen LogP contribution is -2.09. The first-order valence-corrected chi connectivity index (χ1v) is 8.71. The molecular weight excluding hydrogens is 349 g/mol. The number of hydrogen-bond donors (Lipinski definition) is 0. The summed E-state index contributed by atoms with van der Waals surface area (Å²) < 4.78 is 46.5. The molecule has 0 fully saturated rings. The topological polar surface area (TPSA) is 27.1 Å². The van der Waals surface area contributed by atoms with Gasteiger partial charge in [-0.2, -0.15) is 13.2 Å².